The van der Waals surface area contributed by atoms with Crippen LogP contribution in [0.25, 0.3) is 0 Å². The number of hydrogen-bond donors (Lipinski definition) is 0. The molecular weight excluding hydrogens is 424 g/mol. The van der Waals surface area contributed by atoms with Crippen LogP contribution in [0.2, 0.25) is 0 Å². The Morgan fingerprint density at radius 2 is 1.53 bits per heavy atom. The number of benzene rings is 2. The molecule has 1 atom stereocenters. The Bertz CT molecular complexity index is 858. The van der Waals surface area contributed by atoms with Crippen LogP contribution in [0.1, 0.15) is 56.1 Å². The molecule has 0 radical (unpaired) electrons. The van der Waals surface area contributed by atoms with Gasteiger partial charge in [-0.15, -0.1) is 6.58 Å². The minimum atomic E-state index is -0.216. The Kier molecular flexibility index (Phi) is 13.8. The van der Waals surface area contributed by atoms with Crippen LogP contribution < -0.4 is 0 Å². The van der Waals surface area contributed by atoms with Crippen molar-refractivity contribution in [3.63, 3.8) is 0 Å². The highest BCUT2D eigenvalue weighted by Gasteiger charge is 2.19. The first-order chi connectivity index (χ1) is 16.7. The third-order valence-corrected chi connectivity index (χ3v) is 5.68. The van der Waals surface area contributed by atoms with Gasteiger partial charge in [0.25, 0.3) is 0 Å². The Hall–Kier alpha value is -3.14. The lowest BCUT2D eigenvalue weighted by atomic mass is 9.93. The molecule has 2 heterocycles. The van der Waals surface area contributed by atoms with Gasteiger partial charge in [-0.3, -0.25) is 4.79 Å². The van der Waals surface area contributed by atoms with Gasteiger partial charge in [0, 0.05) is 18.9 Å². The molecule has 2 aromatic rings. The van der Waals surface area contributed by atoms with Crippen molar-refractivity contribution in [2.75, 3.05) is 13.2 Å². The van der Waals surface area contributed by atoms with E-state index < -0.39 is 0 Å². The van der Waals surface area contributed by atoms with Crippen LogP contribution >= 0.6 is 0 Å². The van der Waals surface area contributed by atoms with E-state index in [1.165, 1.54) is 36.5 Å². The predicted octanol–water partition coefficient (Wildman–Crippen LogP) is 6.65. The lowest BCUT2D eigenvalue weighted by Gasteiger charge is -2.20. The smallest absolute Gasteiger partial charge is 0.330 e. The third-order valence-electron chi connectivity index (χ3n) is 5.68. The normalized spacial score (nSPS) is 16.6. The number of ether oxygens (including phenoxy) is 2. The Morgan fingerprint density at radius 1 is 0.853 bits per heavy atom. The van der Waals surface area contributed by atoms with Crippen LogP contribution in [0.15, 0.2) is 85.5 Å². The van der Waals surface area contributed by atoms with E-state index in [9.17, 15) is 9.59 Å². The van der Waals surface area contributed by atoms with E-state index in [1.807, 2.05) is 18.2 Å². The molecule has 0 aromatic heterocycles. The van der Waals surface area contributed by atoms with Crippen molar-refractivity contribution >= 4 is 11.9 Å². The summed E-state index contributed by atoms with van der Waals surface area (Å²) in [4.78, 5) is 21.3. The number of carbonyl (C=O) groups excluding carboxylic acids is 2. The topological polar surface area (TPSA) is 52.6 Å². The lowest BCUT2D eigenvalue weighted by Crippen LogP contribution is -2.20. The molecule has 0 aliphatic carbocycles. The van der Waals surface area contributed by atoms with Gasteiger partial charge >= 0.3 is 11.9 Å². The first kappa shape index (κ1) is 27.1. The molecule has 4 heteroatoms. The molecular formula is C30H38O4. The zero-order valence-corrected chi connectivity index (χ0v) is 20.2. The van der Waals surface area contributed by atoms with Crippen LogP contribution in [-0.4, -0.2) is 25.2 Å². The summed E-state index contributed by atoms with van der Waals surface area (Å²) in [7, 11) is 0. The molecule has 0 bridgehead atoms. The number of cyclic esters (lactones) is 2. The fourth-order valence-electron chi connectivity index (χ4n) is 3.76. The summed E-state index contributed by atoms with van der Waals surface area (Å²) in [6, 6.07) is 21.0. The van der Waals surface area contributed by atoms with Crippen LogP contribution in [-0.2, 0) is 31.9 Å². The highest BCUT2D eigenvalue weighted by molar-refractivity contribution is 5.82. The number of hydrogen-bond acceptors (Lipinski definition) is 4. The van der Waals surface area contributed by atoms with Gasteiger partial charge in [-0.25, -0.2) is 4.79 Å². The fourth-order valence-corrected chi connectivity index (χ4v) is 3.76. The number of carbonyl (C=O) groups is 2. The average Bonchev–Trinajstić information content (AvgIpc) is 2.88. The summed E-state index contributed by atoms with van der Waals surface area (Å²) in [5.74, 6) is 0.336. The van der Waals surface area contributed by atoms with Crippen LogP contribution in [0.3, 0.4) is 0 Å². The maximum atomic E-state index is 11.1. The van der Waals surface area contributed by atoms with E-state index in [2.05, 4.69) is 65.9 Å². The highest BCUT2D eigenvalue weighted by atomic mass is 16.5. The van der Waals surface area contributed by atoms with Crippen molar-refractivity contribution in [1.82, 2.24) is 0 Å². The summed E-state index contributed by atoms with van der Waals surface area (Å²) in [6.07, 6.45) is 14.7. The standard InChI is InChI=1S/C15H20O2.C10H12.C5H6O2/c16-15-12-14(10-11-17-15)9-5-4-8-13-6-2-1-3-7-13;1-2-3-7-10-8-5-4-6-9-10;6-5-3-1-2-4-7-5/h1-3,6-7,14H,4-5,8-12H2;2,4-6,8-9H,1,3,7H2;1,3H,2,4H2/t14-;;/m0../s1. The van der Waals surface area contributed by atoms with Crippen molar-refractivity contribution in [1.29, 1.82) is 0 Å². The second-order valence-electron chi connectivity index (χ2n) is 8.48. The van der Waals surface area contributed by atoms with E-state index in [0.717, 1.165) is 32.1 Å². The molecule has 0 spiro atoms. The van der Waals surface area contributed by atoms with Crippen LogP contribution in [0.5, 0.6) is 0 Å². The van der Waals surface area contributed by atoms with Gasteiger partial charge in [0.2, 0.25) is 0 Å². The van der Waals surface area contributed by atoms with Crippen molar-refractivity contribution in [3.05, 3.63) is 96.6 Å². The maximum absolute atomic E-state index is 11.1. The average molecular weight is 463 g/mol. The number of aryl methyl sites for hydroxylation is 2. The van der Waals surface area contributed by atoms with Gasteiger partial charge in [-0.05, 0) is 55.6 Å². The van der Waals surface area contributed by atoms with E-state index in [0.29, 0.717) is 25.6 Å². The second-order valence-corrected chi connectivity index (χ2v) is 8.48. The Morgan fingerprint density at radius 3 is 2.06 bits per heavy atom. The Labute approximate surface area is 204 Å². The molecule has 2 aromatic carbocycles. The zero-order chi connectivity index (χ0) is 24.3. The van der Waals surface area contributed by atoms with E-state index in [4.69, 9.17) is 4.74 Å². The monoisotopic (exact) mass is 462 g/mol. The molecule has 4 nitrogen and oxygen atoms in total. The summed E-state index contributed by atoms with van der Waals surface area (Å²) < 4.78 is 9.50. The molecule has 2 aliphatic rings. The second kappa shape index (κ2) is 17.4. The largest absolute Gasteiger partial charge is 0.466 e. The van der Waals surface area contributed by atoms with Gasteiger partial charge in [0.15, 0.2) is 0 Å². The van der Waals surface area contributed by atoms with Crippen molar-refractivity contribution < 1.29 is 19.1 Å². The molecule has 0 saturated carbocycles. The molecule has 1 fully saturated rings. The van der Waals surface area contributed by atoms with Crippen LogP contribution in [0.4, 0.5) is 0 Å². The fraction of sp³-hybridized carbons (Fsp3) is 0.400. The SMILES string of the molecule is C=CCCc1ccccc1.O=C1C=CCCO1.O=C1C[C@@H](CCCCc2ccccc2)CCO1. The number of esters is 2. The molecule has 34 heavy (non-hydrogen) atoms. The summed E-state index contributed by atoms with van der Waals surface area (Å²) in [5.41, 5.74) is 2.80. The Balaban J connectivity index is 0.000000202. The van der Waals surface area contributed by atoms with Gasteiger partial charge in [-0.1, -0.05) is 79.2 Å². The summed E-state index contributed by atoms with van der Waals surface area (Å²) >= 11 is 0. The molecule has 0 N–H and O–H groups in total. The van der Waals surface area contributed by atoms with Gasteiger partial charge < -0.3 is 9.47 Å². The van der Waals surface area contributed by atoms with Crippen molar-refractivity contribution in [2.45, 2.75) is 57.8 Å². The zero-order valence-electron chi connectivity index (χ0n) is 20.2. The lowest BCUT2D eigenvalue weighted by molar-refractivity contribution is -0.149. The first-order valence-corrected chi connectivity index (χ1v) is 12.3. The van der Waals surface area contributed by atoms with E-state index in [1.54, 1.807) is 0 Å². The van der Waals surface area contributed by atoms with E-state index in [-0.39, 0.29) is 11.9 Å². The summed E-state index contributed by atoms with van der Waals surface area (Å²) in [5, 5.41) is 0. The molecule has 4 rings (SSSR count). The van der Waals surface area contributed by atoms with Crippen molar-refractivity contribution in [3.8, 4) is 0 Å². The number of unbranched alkanes of at least 4 members (excludes halogenated alkanes) is 1. The predicted molar refractivity (Wildman–Crippen MR) is 137 cm³/mol. The molecule has 2 aliphatic heterocycles. The number of rotatable bonds is 8. The minimum Gasteiger partial charge on any atom is -0.466 e. The minimum absolute atomic E-state index is 0.00990. The molecule has 0 amide bonds. The molecule has 0 unspecified atom stereocenters. The first-order valence-electron chi connectivity index (χ1n) is 12.3. The van der Waals surface area contributed by atoms with Crippen LogP contribution in [0, 0.1) is 5.92 Å². The summed E-state index contributed by atoms with van der Waals surface area (Å²) in [6.45, 7) is 4.85. The van der Waals surface area contributed by atoms with Crippen molar-refractivity contribution in [2.24, 2.45) is 5.92 Å². The third kappa shape index (κ3) is 12.8. The maximum Gasteiger partial charge on any atom is 0.330 e. The molecule has 1 saturated heterocycles. The van der Waals surface area contributed by atoms with E-state index >= 15 is 0 Å². The highest BCUT2D eigenvalue weighted by Crippen LogP contribution is 2.22. The van der Waals surface area contributed by atoms with Gasteiger partial charge in [0.05, 0.1) is 13.2 Å². The molecule has 182 valence electrons. The number of allylic oxidation sites excluding steroid dienone is 1. The van der Waals surface area contributed by atoms with Gasteiger partial charge in [0.1, 0.15) is 0 Å². The quantitative estimate of drug-likeness (QED) is 0.250. The van der Waals surface area contributed by atoms with Gasteiger partial charge in [-0.2, -0.15) is 0 Å².